The molecular formula is C21H16BrCl2NO3. The predicted octanol–water partition coefficient (Wildman–Crippen LogP) is 4.82. The highest BCUT2D eigenvalue weighted by atomic mass is 79.9. The fourth-order valence-corrected chi connectivity index (χ4v) is 5.61. The van der Waals surface area contributed by atoms with Gasteiger partial charge in [0.25, 0.3) is 11.8 Å². The predicted molar refractivity (Wildman–Crippen MR) is 114 cm³/mol. The van der Waals surface area contributed by atoms with E-state index in [0.29, 0.717) is 10.9 Å². The quantitative estimate of drug-likeness (QED) is 0.389. The van der Waals surface area contributed by atoms with Crippen LogP contribution in [-0.4, -0.2) is 37.0 Å². The zero-order valence-corrected chi connectivity index (χ0v) is 17.8. The van der Waals surface area contributed by atoms with Gasteiger partial charge in [0.2, 0.25) is 0 Å². The van der Waals surface area contributed by atoms with Gasteiger partial charge in [0.1, 0.15) is 5.75 Å². The highest BCUT2D eigenvalue weighted by Crippen LogP contribution is 2.60. The van der Waals surface area contributed by atoms with Gasteiger partial charge in [-0.05, 0) is 29.0 Å². The molecule has 0 bridgehead atoms. The maximum Gasteiger partial charge on any atom is 0.254 e. The summed E-state index contributed by atoms with van der Waals surface area (Å²) in [6, 6.07) is 10.6. The van der Waals surface area contributed by atoms with Gasteiger partial charge < -0.3 is 5.11 Å². The molecule has 1 aliphatic heterocycles. The van der Waals surface area contributed by atoms with Crippen molar-refractivity contribution < 1.29 is 14.7 Å². The Morgan fingerprint density at radius 1 is 1.18 bits per heavy atom. The van der Waals surface area contributed by atoms with Gasteiger partial charge >= 0.3 is 0 Å². The average molecular weight is 481 g/mol. The first kappa shape index (κ1) is 19.5. The van der Waals surface area contributed by atoms with E-state index in [-0.39, 0.29) is 17.6 Å². The monoisotopic (exact) mass is 479 g/mol. The third-order valence-electron chi connectivity index (χ3n) is 5.67. The summed E-state index contributed by atoms with van der Waals surface area (Å²) in [6.07, 6.45) is 3.58. The molecule has 2 aromatic carbocycles. The van der Waals surface area contributed by atoms with E-state index in [2.05, 4.69) is 22.5 Å². The number of phenolic OH excluding ortho intramolecular Hbond substituents is 1. The molecule has 1 saturated heterocycles. The zero-order chi connectivity index (χ0) is 20.3. The highest BCUT2D eigenvalue weighted by Gasteiger charge is 2.72. The molecule has 7 heteroatoms. The van der Waals surface area contributed by atoms with Crippen LogP contribution in [0.2, 0.25) is 0 Å². The maximum atomic E-state index is 13.3. The van der Waals surface area contributed by atoms with E-state index in [0.717, 1.165) is 15.9 Å². The van der Waals surface area contributed by atoms with Crippen LogP contribution in [0.25, 0.3) is 10.8 Å². The Bertz CT molecular complexity index is 1070. The van der Waals surface area contributed by atoms with Crippen LogP contribution in [0.4, 0.5) is 0 Å². The molecule has 0 radical (unpaired) electrons. The minimum atomic E-state index is -1.71. The van der Waals surface area contributed by atoms with Gasteiger partial charge in [-0.1, -0.05) is 65.0 Å². The minimum absolute atomic E-state index is 0.0140. The van der Waals surface area contributed by atoms with E-state index >= 15 is 0 Å². The van der Waals surface area contributed by atoms with Gasteiger partial charge in [-0.15, -0.1) is 23.2 Å². The van der Waals surface area contributed by atoms with Gasteiger partial charge in [-0.3, -0.25) is 14.5 Å². The largest absolute Gasteiger partial charge is 0.507 e. The van der Waals surface area contributed by atoms with E-state index in [4.69, 9.17) is 23.2 Å². The lowest BCUT2D eigenvalue weighted by Gasteiger charge is -2.42. The number of hydrogen-bond donors (Lipinski definition) is 1. The number of amides is 2. The van der Waals surface area contributed by atoms with Gasteiger partial charge in [0, 0.05) is 11.3 Å². The molecule has 28 heavy (non-hydrogen) atoms. The molecule has 0 saturated carbocycles. The summed E-state index contributed by atoms with van der Waals surface area (Å²) >= 11 is 17.0. The van der Waals surface area contributed by atoms with Crippen LogP contribution in [0.3, 0.4) is 0 Å². The zero-order valence-electron chi connectivity index (χ0n) is 14.7. The lowest BCUT2D eigenvalue weighted by atomic mass is 9.68. The van der Waals surface area contributed by atoms with E-state index in [1.165, 1.54) is 0 Å². The number of hydrogen-bond acceptors (Lipinski definition) is 3. The molecule has 1 aliphatic carbocycles. The maximum absolute atomic E-state index is 13.3. The molecule has 2 aromatic rings. The van der Waals surface area contributed by atoms with Crippen molar-refractivity contribution in [1.29, 1.82) is 0 Å². The van der Waals surface area contributed by atoms with Crippen molar-refractivity contribution in [3.63, 3.8) is 0 Å². The number of benzene rings is 2. The van der Waals surface area contributed by atoms with Gasteiger partial charge in [0.15, 0.2) is 9.75 Å². The first-order chi connectivity index (χ1) is 13.3. The second-order valence-corrected chi connectivity index (χ2v) is 8.68. The number of nitrogens with zero attached hydrogens (tertiary/aromatic N) is 1. The number of likely N-dealkylation sites (tertiary alicyclic amines) is 1. The van der Waals surface area contributed by atoms with E-state index in [1.54, 1.807) is 24.3 Å². The first-order valence-corrected chi connectivity index (χ1v) is 10.5. The van der Waals surface area contributed by atoms with Crippen LogP contribution in [0, 0.1) is 0 Å². The summed E-state index contributed by atoms with van der Waals surface area (Å²) in [5.41, 5.74) is 1.44. The lowest BCUT2D eigenvalue weighted by molar-refractivity contribution is -0.138. The van der Waals surface area contributed by atoms with Crippen LogP contribution in [0.15, 0.2) is 60.7 Å². The fraction of sp³-hybridized carbons (Fsp3) is 0.238. The number of rotatable bonds is 3. The summed E-state index contributed by atoms with van der Waals surface area (Å²) < 4.78 is 0. The number of halogens is 3. The van der Waals surface area contributed by atoms with Gasteiger partial charge in [-0.2, -0.15) is 0 Å². The first-order valence-electron chi connectivity index (χ1n) is 8.64. The molecule has 3 atom stereocenters. The molecule has 2 aliphatic rings. The standard InChI is InChI=1S/C21H16BrCl2NO3/c1-2-12-9-10-20(23)18(27)25(11-22)19(28)21(20,24)17(12)15-7-8-16(26)14-6-4-3-5-13(14)15/h2-9,17,26H,1,10-11H2/t17-,20-,21+/m1/s1. The third kappa shape index (κ3) is 2.30. The number of carbonyl (C=O) groups is 2. The van der Waals surface area contributed by atoms with Crippen LogP contribution >= 0.6 is 39.1 Å². The van der Waals surface area contributed by atoms with E-state index < -0.39 is 27.5 Å². The molecule has 1 fully saturated rings. The summed E-state index contributed by atoms with van der Waals surface area (Å²) in [4.78, 5) is 24.0. The van der Waals surface area contributed by atoms with Crippen LogP contribution in [0.1, 0.15) is 17.9 Å². The molecule has 0 aromatic heterocycles. The normalized spacial score (nSPS) is 29.8. The molecular weight excluding hydrogens is 465 g/mol. The summed E-state index contributed by atoms with van der Waals surface area (Å²) in [5.74, 6) is -1.64. The van der Waals surface area contributed by atoms with E-state index in [1.807, 2.05) is 24.3 Å². The second kappa shape index (κ2) is 6.61. The number of phenols is 1. The van der Waals surface area contributed by atoms with Gasteiger partial charge in [0.05, 0.1) is 5.45 Å². The topological polar surface area (TPSA) is 57.6 Å². The molecule has 4 nitrogen and oxygen atoms in total. The van der Waals surface area contributed by atoms with Crippen molar-refractivity contribution in [3.8, 4) is 5.75 Å². The Morgan fingerprint density at radius 2 is 1.86 bits per heavy atom. The van der Waals surface area contributed by atoms with Crippen molar-refractivity contribution in [1.82, 2.24) is 4.90 Å². The number of aromatic hydroxyl groups is 1. The number of allylic oxidation sites excluding steroid dienone is 3. The molecule has 0 spiro atoms. The van der Waals surface area contributed by atoms with Crippen molar-refractivity contribution in [2.24, 2.45) is 0 Å². The van der Waals surface area contributed by atoms with Crippen molar-refractivity contribution in [2.45, 2.75) is 22.1 Å². The van der Waals surface area contributed by atoms with Crippen molar-refractivity contribution in [2.75, 3.05) is 5.45 Å². The number of imide groups is 1. The van der Waals surface area contributed by atoms with Crippen LogP contribution < -0.4 is 0 Å². The Morgan fingerprint density at radius 3 is 2.50 bits per heavy atom. The SMILES string of the molecule is C=CC1=CC[C@@]2(Cl)C(=O)N(CBr)C(=O)[C@@]2(Cl)[C@H]1c1ccc(O)c2ccccc12. The summed E-state index contributed by atoms with van der Waals surface area (Å²) in [7, 11) is 0. The molecule has 0 unspecified atom stereocenters. The molecule has 4 rings (SSSR count). The molecule has 144 valence electrons. The van der Waals surface area contributed by atoms with Gasteiger partial charge in [-0.25, -0.2) is 0 Å². The number of carbonyl (C=O) groups excluding carboxylic acids is 2. The summed E-state index contributed by atoms with van der Waals surface area (Å²) in [6.45, 7) is 3.87. The number of fused-ring (bicyclic) bond motifs is 2. The Balaban J connectivity index is 2.05. The molecule has 1 N–H and O–H groups in total. The van der Waals surface area contributed by atoms with E-state index in [9.17, 15) is 14.7 Å². The second-order valence-electron chi connectivity index (χ2n) is 6.94. The fourth-order valence-electron chi connectivity index (χ4n) is 4.28. The Hall–Kier alpha value is -1.82. The average Bonchev–Trinajstić information content (AvgIpc) is 2.85. The van der Waals surface area contributed by atoms with Crippen LogP contribution in [-0.2, 0) is 9.59 Å². The Kier molecular flexibility index (Phi) is 4.60. The summed E-state index contributed by atoms with van der Waals surface area (Å²) in [5, 5.41) is 11.6. The van der Waals surface area contributed by atoms with Crippen LogP contribution in [0.5, 0.6) is 5.75 Å². The van der Waals surface area contributed by atoms with Crippen molar-refractivity contribution >= 4 is 61.7 Å². The minimum Gasteiger partial charge on any atom is -0.507 e. The molecule has 1 heterocycles. The lowest BCUT2D eigenvalue weighted by Crippen LogP contribution is -2.54. The third-order valence-corrected chi connectivity index (χ3v) is 7.58. The molecule has 2 amide bonds. The number of alkyl halides is 3. The van der Waals surface area contributed by atoms with Crippen molar-refractivity contribution in [3.05, 3.63) is 66.3 Å². The smallest absolute Gasteiger partial charge is 0.254 e. The Labute approximate surface area is 180 Å². The highest BCUT2D eigenvalue weighted by molar-refractivity contribution is 9.09.